The lowest BCUT2D eigenvalue weighted by Gasteiger charge is -2.43. The molecule has 2 aliphatic heterocycles. The van der Waals surface area contributed by atoms with Crippen LogP contribution in [0, 0.1) is 0 Å². The van der Waals surface area contributed by atoms with Gasteiger partial charge >= 0.3 is 0 Å². The number of nitrogens with zero attached hydrogens (tertiary/aromatic N) is 4. The highest BCUT2D eigenvalue weighted by Gasteiger charge is 2.63. The van der Waals surface area contributed by atoms with Crippen molar-refractivity contribution in [1.82, 2.24) is 0 Å². The van der Waals surface area contributed by atoms with Crippen LogP contribution in [-0.2, 0) is 11.3 Å². The van der Waals surface area contributed by atoms with Gasteiger partial charge in [-0.2, -0.15) is 0 Å². The lowest BCUT2D eigenvalue weighted by molar-refractivity contribution is 0.253. The largest absolute Gasteiger partial charge is 0.497 e. The van der Waals surface area contributed by atoms with Crippen molar-refractivity contribution in [2.24, 2.45) is 20.0 Å². The fourth-order valence-corrected chi connectivity index (χ4v) is 7.68. The maximum Gasteiger partial charge on any atom is 0.227 e. The summed E-state index contributed by atoms with van der Waals surface area (Å²) in [5.41, 5.74) is 7.70. The van der Waals surface area contributed by atoms with Crippen LogP contribution in [0.25, 0.3) is 11.1 Å². The lowest BCUT2D eigenvalue weighted by atomic mass is 9.71. The molecule has 9 rings (SSSR count). The molecule has 6 aromatic rings. The number of hydrogen-bond donors (Lipinski definition) is 0. The third kappa shape index (κ3) is 5.05. The molecule has 2 heterocycles. The van der Waals surface area contributed by atoms with Gasteiger partial charge in [0.1, 0.15) is 23.0 Å². The van der Waals surface area contributed by atoms with Crippen LogP contribution in [0.15, 0.2) is 166 Å². The molecule has 0 fully saturated rings. The van der Waals surface area contributed by atoms with Crippen LogP contribution >= 0.6 is 0 Å². The Kier molecular flexibility index (Phi) is 7.96. The normalized spacial score (nSPS) is 15.8. The van der Waals surface area contributed by atoms with Crippen molar-refractivity contribution in [3.05, 3.63) is 179 Å². The van der Waals surface area contributed by atoms with Crippen LogP contribution in [0.1, 0.15) is 33.4 Å². The van der Waals surface area contributed by atoms with E-state index in [0.29, 0.717) is 0 Å². The first-order valence-electron chi connectivity index (χ1n) is 17.7. The third-order valence-electron chi connectivity index (χ3n) is 10.4. The van der Waals surface area contributed by atoms with Crippen LogP contribution in [0.5, 0.6) is 23.0 Å². The standard InChI is InChI=1S/C46H36N4O4/c1-51-33-21-13-29(14-22-33)41-42(30-15-23-34(52-2)24-16-30)48-45(47-41)39-11-7-5-9-37(39)38-10-6-8-12-40(38)46(45)49-43(31-17-25-35(53-3)26-18-31)44(50-46)32-19-27-36(54-4)28-20-32/h5-28H,1-4H3. The molecule has 6 aromatic carbocycles. The summed E-state index contributed by atoms with van der Waals surface area (Å²) in [4.78, 5) is 23.1. The van der Waals surface area contributed by atoms with Gasteiger partial charge in [-0.15, -0.1) is 0 Å². The van der Waals surface area contributed by atoms with Gasteiger partial charge in [0.2, 0.25) is 11.3 Å². The highest BCUT2D eigenvalue weighted by atomic mass is 16.5. The minimum absolute atomic E-state index is 0.727. The zero-order valence-corrected chi connectivity index (χ0v) is 30.3. The molecule has 264 valence electrons. The summed E-state index contributed by atoms with van der Waals surface area (Å²) in [5.74, 6) is 3.01. The molecule has 2 spiro atoms. The van der Waals surface area contributed by atoms with Crippen LogP contribution in [0.2, 0.25) is 0 Å². The molecular formula is C46H36N4O4. The molecule has 0 saturated carbocycles. The molecule has 0 unspecified atom stereocenters. The topological polar surface area (TPSA) is 86.4 Å². The lowest BCUT2D eigenvalue weighted by Crippen LogP contribution is -2.46. The Balaban J connectivity index is 1.39. The average molecular weight is 709 g/mol. The second-order valence-electron chi connectivity index (χ2n) is 13.2. The minimum Gasteiger partial charge on any atom is -0.497 e. The van der Waals surface area contributed by atoms with Gasteiger partial charge < -0.3 is 18.9 Å². The van der Waals surface area contributed by atoms with Crippen LogP contribution < -0.4 is 18.9 Å². The molecule has 0 amide bonds. The van der Waals surface area contributed by atoms with Gasteiger partial charge in [-0.3, -0.25) is 0 Å². The Morgan fingerprint density at radius 3 is 0.796 bits per heavy atom. The number of ether oxygens (including phenoxy) is 4. The predicted molar refractivity (Wildman–Crippen MR) is 213 cm³/mol. The molecule has 8 nitrogen and oxygen atoms in total. The zero-order valence-electron chi connectivity index (χ0n) is 30.3. The Morgan fingerprint density at radius 1 is 0.315 bits per heavy atom. The zero-order chi connectivity index (χ0) is 36.9. The fourth-order valence-electron chi connectivity index (χ4n) is 7.68. The van der Waals surface area contributed by atoms with Crippen LogP contribution in [0.3, 0.4) is 0 Å². The second-order valence-corrected chi connectivity index (χ2v) is 13.2. The van der Waals surface area contributed by atoms with E-state index in [0.717, 1.165) is 90.4 Å². The molecule has 0 aromatic heterocycles. The first kappa shape index (κ1) is 33.1. The Morgan fingerprint density at radius 2 is 0.556 bits per heavy atom. The quantitative estimate of drug-likeness (QED) is 0.158. The van der Waals surface area contributed by atoms with Crippen molar-refractivity contribution in [2.75, 3.05) is 28.4 Å². The predicted octanol–water partition coefficient (Wildman–Crippen LogP) is 8.69. The number of fused-ring (bicyclic) bond motifs is 6. The van der Waals surface area contributed by atoms with Crippen molar-refractivity contribution >= 4 is 22.8 Å². The van der Waals surface area contributed by atoms with E-state index in [1.165, 1.54) is 0 Å². The number of hydrogen-bond acceptors (Lipinski definition) is 8. The van der Waals surface area contributed by atoms with Crippen LogP contribution in [-0.4, -0.2) is 51.3 Å². The van der Waals surface area contributed by atoms with Gasteiger partial charge in [0, 0.05) is 33.4 Å². The van der Waals surface area contributed by atoms with E-state index in [4.69, 9.17) is 38.9 Å². The molecule has 0 N–H and O–H groups in total. The molecule has 0 bridgehead atoms. The second kappa shape index (κ2) is 13.0. The summed E-state index contributed by atoms with van der Waals surface area (Å²) >= 11 is 0. The van der Waals surface area contributed by atoms with Crippen molar-refractivity contribution in [3.63, 3.8) is 0 Å². The van der Waals surface area contributed by atoms with E-state index >= 15 is 0 Å². The summed E-state index contributed by atoms with van der Waals surface area (Å²) in [6, 6.07) is 48.5. The van der Waals surface area contributed by atoms with E-state index < -0.39 is 11.3 Å². The van der Waals surface area contributed by atoms with Gasteiger partial charge in [-0.1, -0.05) is 48.5 Å². The van der Waals surface area contributed by atoms with Gasteiger partial charge in [0.05, 0.1) is 51.3 Å². The molecular weight excluding hydrogens is 673 g/mol. The van der Waals surface area contributed by atoms with Gasteiger partial charge in [0.15, 0.2) is 0 Å². The highest BCUT2D eigenvalue weighted by molar-refractivity contribution is 6.56. The Labute approximate surface area is 313 Å². The number of aliphatic imine (C=N–C) groups is 4. The third-order valence-corrected chi connectivity index (χ3v) is 10.4. The molecule has 8 heteroatoms. The Hall–Kier alpha value is -6.80. The average Bonchev–Trinajstić information content (AvgIpc) is 3.86. The summed E-state index contributed by atoms with van der Waals surface area (Å²) in [6.07, 6.45) is 0. The van der Waals surface area contributed by atoms with Gasteiger partial charge in [-0.05, 0) is 108 Å². The van der Waals surface area contributed by atoms with Crippen LogP contribution in [0.4, 0.5) is 0 Å². The molecule has 1 aliphatic carbocycles. The summed E-state index contributed by atoms with van der Waals surface area (Å²) < 4.78 is 22.2. The highest BCUT2D eigenvalue weighted by Crippen LogP contribution is 2.61. The van der Waals surface area contributed by atoms with Crippen molar-refractivity contribution in [2.45, 2.75) is 11.3 Å². The molecule has 54 heavy (non-hydrogen) atoms. The van der Waals surface area contributed by atoms with E-state index in [1.807, 2.05) is 109 Å². The summed E-state index contributed by atoms with van der Waals surface area (Å²) in [5, 5.41) is 0. The maximum atomic E-state index is 5.78. The monoisotopic (exact) mass is 708 g/mol. The molecule has 0 radical (unpaired) electrons. The first-order chi connectivity index (χ1) is 26.5. The fraction of sp³-hybridized carbons (Fsp3) is 0.130. The summed E-state index contributed by atoms with van der Waals surface area (Å²) in [6.45, 7) is 0. The van der Waals surface area contributed by atoms with Gasteiger partial charge in [0.25, 0.3) is 0 Å². The molecule has 0 atom stereocenters. The molecule has 0 saturated heterocycles. The Bertz CT molecular complexity index is 2210. The van der Waals surface area contributed by atoms with Crippen molar-refractivity contribution in [1.29, 1.82) is 0 Å². The van der Waals surface area contributed by atoms with E-state index in [-0.39, 0.29) is 0 Å². The number of benzene rings is 6. The first-order valence-corrected chi connectivity index (χ1v) is 17.7. The SMILES string of the molecule is COc1ccc(C2=NC3(N=C2c2ccc(OC)cc2)c2ccccc2-c2ccccc2C32N=C(c3ccc(OC)cc3)C(c3ccc(OC)cc3)=N2)cc1. The minimum atomic E-state index is -1.34. The van der Waals surface area contributed by atoms with Crippen molar-refractivity contribution < 1.29 is 18.9 Å². The number of methoxy groups -OCH3 is 4. The summed E-state index contributed by atoms with van der Waals surface area (Å²) in [7, 11) is 6.66. The smallest absolute Gasteiger partial charge is 0.227 e. The van der Waals surface area contributed by atoms with E-state index in [9.17, 15) is 0 Å². The van der Waals surface area contributed by atoms with E-state index in [1.54, 1.807) is 28.4 Å². The van der Waals surface area contributed by atoms with Crippen molar-refractivity contribution in [3.8, 4) is 34.1 Å². The van der Waals surface area contributed by atoms with E-state index in [2.05, 4.69) is 36.4 Å². The van der Waals surface area contributed by atoms with Gasteiger partial charge in [-0.25, -0.2) is 20.0 Å². The number of rotatable bonds is 8. The molecule has 3 aliphatic rings. The maximum absolute atomic E-state index is 5.78.